The van der Waals surface area contributed by atoms with Crippen LogP contribution >= 0.6 is 11.8 Å². The van der Waals surface area contributed by atoms with E-state index in [2.05, 4.69) is 17.1 Å². The lowest BCUT2D eigenvalue weighted by Crippen LogP contribution is -2.34. The highest BCUT2D eigenvalue weighted by Gasteiger charge is 2.40. The Morgan fingerprint density at radius 2 is 1.88 bits per heavy atom. The number of thioether (sulfide) groups is 1. The highest BCUT2D eigenvalue weighted by molar-refractivity contribution is 7.99. The first kappa shape index (κ1) is 12.7. The molecule has 2 saturated carbocycles. The fourth-order valence-corrected chi connectivity index (χ4v) is 3.12. The van der Waals surface area contributed by atoms with Crippen molar-refractivity contribution in [1.29, 1.82) is 0 Å². The van der Waals surface area contributed by atoms with Crippen LogP contribution in [0.5, 0.6) is 0 Å². The third kappa shape index (κ3) is 4.64. The molecule has 0 bridgehead atoms. The van der Waals surface area contributed by atoms with E-state index in [4.69, 9.17) is 4.74 Å². The standard InChI is InChI=1S/C13H25NOS/c1-15-8-2-9-16-10-7-14-13(11-3-4-11)12-5-6-12/h11-14H,2-10H2,1H3. The third-order valence-electron chi connectivity index (χ3n) is 3.52. The zero-order chi connectivity index (χ0) is 11.2. The van der Waals surface area contributed by atoms with Gasteiger partial charge in [0.25, 0.3) is 0 Å². The summed E-state index contributed by atoms with van der Waals surface area (Å²) < 4.78 is 5.04. The number of ether oxygens (including phenoxy) is 1. The maximum absolute atomic E-state index is 5.04. The molecule has 0 radical (unpaired) electrons. The van der Waals surface area contributed by atoms with Crippen molar-refractivity contribution in [3.8, 4) is 0 Å². The van der Waals surface area contributed by atoms with E-state index in [1.165, 1.54) is 50.2 Å². The maximum Gasteiger partial charge on any atom is 0.0470 e. The van der Waals surface area contributed by atoms with Crippen LogP contribution < -0.4 is 5.32 Å². The van der Waals surface area contributed by atoms with Gasteiger partial charge in [-0.15, -0.1) is 0 Å². The van der Waals surface area contributed by atoms with Crippen LogP contribution in [0.1, 0.15) is 32.1 Å². The van der Waals surface area contributed by atoms with Crippen LogP contribution in [0.3, 0.4) is 0 Å². The zero-order valence-electron chi connectivity index (χ0n) is 10.4. The van der Waals surface area contributed by atoms with Crippen LogP contribution in [-0.4, -0.2) is 37.8 Å². The van der Waals surface area contributed by atoms with Crippen molar-refractivity contribution in [1.82, 2.24) is 5.32 Å². The summed E-state index contributed by atoms with van der Waals surface area (Å²) in [5.74, 6) is 4.57. The van der Waals surface area contributed by atoms with Gasteiger partial charge in [-0.1, -0.05) is 0 Å². The minimum absolute atomic E-state index is 0.875. The minimum Gasteiger partial charge on any atom is -0.385 e. The summed E-state index contributed by atoms with van der Waals surface area (Å²) in [6.07, 6.45) is 7.12. The van der Waals surface area contributed by atoms with Gasteiger partial charge in [-0.2, -0.15) is 11.8 Å². The molecule has 0 amide bonds. The molecule has 2 aliphatic rings. The highest BCUT2D eigenvalue weighted by Crippen LogP contribution is 2.44. The molecule has 0 atom stereocenters. The smallest absolute Gasteiger partial charge is 0.0470 e. The predicted octanol–water partition coefficient (Wildman–Crippen LogP) is 2.53. The molecule has 16 heavy (non-hydrogen) atoms. The van der Waals surface area contributed by atoms with Crippen LogP contribution in [-0.2, 0) is 4.74 Å². The van der Waals surface area contributed by atoms with Gasteiger partial charge in [-0.05, 0) is 49.7 Å². The van der Waals surface area contributed by atoms with Crippen molar-refractivity contribution in [2.75, 3.05) is 31.8 Å². The molecule has 0 saturated heterocycles. The SMILES string of the molecule is COCCCSCCNC(C1CC1)C1CC1. The first-order valence-corrected chi connectivity index (χ1v) is 7.87. The number of rotatable bonds is 10. The van der Waals surface area contributed by atoms with Gasteiger partial charge in [0, 0.05) is 32.1 Å². The summed E-state index contributed by atoms with van der Waals surface area (Å²) in [6.45, 7) is 2.11. The molecular formula is C13H25NOS. The normalized spacial score (nSPS) is 20.6. The van der Waals surface area contributed by atoms with Crippen molar-refractivity contribution < 1.29 is 4.74 Å². The third-order valence-corrected chi connectivity index (χ3v) is 4.59. The second kappa shape index (κ2) is 6.87. The lowest BCUT2D eigenvalue weighted by molar-refractivity contribution is 0.200. The second-order valence-electron chi connectivity index (χ2n) is 5.11. The maximum atomic E-state index is 5.04. The molecule has 2 nitrogen and oxygen atoms in total. The largest absolute Gasteiger partial charge is 0.385 e. The van der Waals surface area contributed by atoms with Crippen molar-refractivity contribution in [2.24, 2.45) is 11.8 Å². The summed E-state index contributed by atoms with van der Waals surface area (Å²) in [4.78, 5) is 0. The van der Waals surface area contributed by atoms with E-state index in [0.717, 1.165) is 24.5 Å². The van der Waals surface area contributed by atoms with Crippen molar-refractivity contribution in [3.63, 3.8) is 0 Å². The van der Waals surface area contributed by atoms with E-state index in [0.29, 0.717) is 0 Å². The predicted molar refractivity (Wildman–Crippen MR) is 71.1 cm³/mol. The lowest BCUT2D eigenvalue weighted by atomic mass is 10.1. The van der Waals surface area contributed by atoms with Crippen LogP contribution in [0.4, 0.5) is 0 Å². The van der Waals surface area contributed by atoms with Gasteiger partial charge in [0.15, 0.2) is 0 Å². The van der Waals surface area contributed by atoms with Gasteiger partial charge >= 0.3 is 0 Å². The average Bonchev–Trinajstić information content (AvgIpc) is 3.16. The first-order chi connectivity index (χ1) is 7.92. The first-order valence-electron chi connectivity index (χ1n) is 6.72. The van der Waals surface area contributed by atoms with Crippen LogP contribution in [0.25, 0.3) is 0 Å². The minimum atomic E-state index is 0.875. The fourth-order valence-electron chi connectivity index (χ4n) is 2.33. The summed E-state index contributed by atoms with van der Waals surface area (Å²) in [5.41, 5.74) is 0. The molecule has 0 aromatic carbocycles. The van der Waals surface area contributed by atoms with Crippen LogP contribution in [0.15, 0.2) is 0 Å². The van der Waals surface area contributed by atoms with E-state index >= 15 is 0 Å². The second-order valence-corrected chi connectivity index (χ2v) is 6.34. The zero-order valence-corrected chi connectivity index (χ0v) is 11.2. The Balaban J connectivity index is 1.44. The Morgan fingerprint density at radius 1 is 1.19 bits per heavy atom. The van der Waals surface area contributed by atoms with Gasteiger partial charge in [0.1, 0.15) is 0 Å². The topological polar surface area (TPSA) is 21.3 Å². The quantitative estimate of drug-likeness (QED) is 0.596. The highest BCUT2D eigenvalue weighted by atomic mass is 32.2. The van der Waals surface area contributed by atoms with Gasteiger partial charge in [0.05, 0.1) is 0 Å². The summed E-state index contributed by atoms with van der Waals surface area (Å²) in [7, 11) is 1.78. The monoisotopic (exact) mass is 243 g/mol. The number of nitrogens with one attached hydrogen (secondary N) is 1. The molecule has 0 spiro atoms. The molecule has 94 valence electrons. The molecular weight excluding hydrogens is 218 g/mol. The fraction of sp³-hybridized carbons (Fsp3) is 1.00. The Kier molecular flexibility index (Phi) is 5.46. The molecule has 2 aliphatic carbocycles. The molecule has 1 N–H and O–H groups in total. The Labute approximate surface area is 104 Å². The van der Waals surface area contributed by atoms with E-state index < -0.39 is 0 Å². The molecule has 0 aliphatic heterocycles. The molecule has 0 unspecified atom stereocenters. The van der Waals surface area contributed by atoms with Crippen molar-refractivity contribution in [2.45, 2.75) is 38.1 Å². The average molecular weight is 243 g/mol. The number of hydrogen-bond donors (Lipinski definition) is 1. The molecule has 0 heterocycles. The van der Waals surface area contributed by atoms with Crippen LogP contribution in [0.2, 0.25) is 0 Å². The molecule has 0 aromatic rings. The van der Waals surface area contributed by atoms with E-state index in [9.17, 15) is 0 Å². The summed E-state index contributed by atoms with van der Waals surface area (Å²) >= 11 is 2.06. The number of methoxy groups -OCH3 is 1. The Hall–Kier alpha value is 0.270. The van der Waals surface area contributed by atoms with E-state index in [1.807, 2.05) is 0 Å². The van der Waals surface area contributed by atoms with Crippen LogP contribution in [0, 0.1) is 11.8 Å². The van der Waals surface area contributed by atoms with Gasteiger partial charge < -0.3 is 10.1 Å². The van der Waals surface area contributed by atoms with Gasteiger partial charge in [-0.3, -0.25) is 0 Å². The summed E-state index contributed by atoms with van der Waals surface area (Å²) in [5, 5.41) is 3.78. The van der Waals surface area contributed by atoms with E-state index in [1.54, 1.807) is 7.11 Å². The molecule has 0 aromatic heterocycles. The van der Waals surface area contributed by atoms with Crippen molar-refractivity contribution >= 4 is 11.8 Å². The molecule has 3 heteroatoms. The van der Waals surface area contributed by atoms with Gasteiger partial charge in [0.2, 0.25) is 0 Å². The molecule has 2 rings (SSSR count). The van der Waals surface area contributed by atoms with Crippen molar-refractivity contribution in [3.05, 3.63) is 0 Å². The van der Waals surface area contributed by atoms with E-state index in [-0.39, 0.29) is 0 Å². The summed E-state index contributed by atoms with van der Waals surface area (Å²) in [6, 6.07) is 0.875. The Morgan fingerprint density at radius 3 is 2.44 bits per heavy atom. The number of hydrogen-bond acceptors (Lipinski definition) is 3. The Bertz CT molecular complexity index is 180. The lowest BCUT2D eigenvalue weighted by Gasteiger charge is -2.17. The molecule has 2 fully saturated rings. The van der Waals surface area contributed by atoms with Gasteiger partial charge in [-0.25, -0.2) is 0 Å².